The first-order valence-electron chi connectivity index (χ1n) is 4.68. The Morgan fingerprint density at radius 3 is 3.08 bits per heavy atom. The average Bonchev–Trinajstić information content (AvgIpc) is 2.65. The summed E-state index contributed by atoms with van der Waals surface area (Å²) in [5, 5.41) is 3.75. The highest BCUT2D eigenvalue weighted by atomic mass is 16.5. The quantitative estimate of drug-likeness (QED) is 0.634. The Balaban J connectivity index is 2.15. The van der Waals surface area contributed by atoms with Gasteiger partial charge in [0.2, 0.25) is 6.39 Å². The third-order valence-electron chi connectivity index (χ3n) is 1.83. The summed E-state index contributed by atoms with van der Waals surface area (Å²) in [5.41, 5.74) is 0. The van der Waals surface area contributed by atoms with Crippen molar-refractivity contribution in [3.63, 3.8) is 0 Å². The van der Waals surface area contributed by atoms with Crippen LogP contribution < -0.4 is 0 Å². The number of nitrogens with zero attached hydrogens (tertiary/aromatic N) is 2. The Bertz CT molecular complexity index is 211. The minimum Gasteiger partial charge on any atom is -0.381 e. The molecule has 1 aromatic rings. The smallest absolute Gasteiger partial charge is 0.213 e. The molecule has 0 fully saturated rings. The van der Waals surface area contributed by atoms with Crippen molar-refractivity contribution in [3.05, 3.63) is 12.2 Å². The van der Waals surface area contributed by atoms with Crippen LogP contribution in [0.25, 0.3) is 0 Å². The molecule has 4 nitrogen and oxygen atoms in total. The highest BCUT2D eigenvalue weighted by Crippen LogP contribution is 2.09. The second kappa shape index (κ2) is 5.70. The van der Waals surface area contributed by atoms with Crippen LogP contribution in [0.15, 0.2) is 10.9 Å². The van der Waals surface area contributed by atoms with Crippen molar-refractivity contribution in [2.24, 2.45) is 0 Å². The molecule has 74 valence electrons. The lowest BCUT2D eigenvalue weighted by atomic mass is 10.2. The molecular weight excluding hydrogens is 168 g/mol. The lowest BCUT2D eigenvalue weighted by molar-refractivity contribution is 0.118. The van der Waals surface area contributed by atoms with E-state index in [1.165, 1.54) is 6.39 Å². The van der Waals surface area contributed by atoms with Crippen LogP contribution in [0.2, 0.25) is 0 Å². The Kier molecular flexibility index (Phi) is 4.46. The van der Waals surface area contributed by atoms with Crippen LogP contribution in [0.3, 0.4) is 0 Å². The van der Waals surface area contributed by atoms with E-state index < -0.39 is 0 Å². The summed E-state index contributed by atoms with van der Waals surface area (Å²) in [4.78, 5) is 3.96. The highest BCUT2D eigenvalue weighted by molar-refractivity contribution is 4.88. The predicted molar refractivity (Wildman–Crippen MR) is 48.4 cm³/mol. The second-order valence-corrected chi connectivity index (χ2v) is 3.12. The molecule has 1 unspecified atom stereocenters. The molecule has 0 saturated heterocycles. The van der Waals surface area contributed by atoms with Gasteiger partial charge in [0, 0.05) is 12.5 Å². The lowest BCUT2D eigenvalue weighted by Gasteiger charge is -2.06. The minimum absolute atomic E-state index is 0.218. The summed E-state index contributed by atoms with van der Waals surface area (Å²) >= 11 is 0. The first-order valence-corrected chi connectivity index (χ1v) is 4.68. The third kappa shape index (κ3) is 3.55. The molecule has 0 bridgehead atoms. The van der Waals surface area contributed by atoms with Crippen molar-refractivity contribution in [1.82, 2.24) is 10.1 Å². The van der Waals surface area contributed by atoms with Gasteiger partial charge in [-0.3, -0.25) is 0 Å². The number of hydrogen-bond acceptors (Lipinski definition) is 4. The average molecular weight is 184 g/mol. The number of unbranched alkanes of at least 4 members (excludes halogenated alkanes) is 1. The van der Waals surface area contributed by atoms with E-state index in [4.69, 9.17) is 4.74 Å². The molecular formula is C9H16N2O2. The van der Waals surface area contributed by atoms with E-state index in [0.717, 1.165) is 25.3 Å². The molecule has 0 radical (unpaired) electrons. The Morgan fingerprint density at radius 1 is 1.62 bits per heavy atom. The zero-order chi connectivity index (χ0) is 9.52. The maximum absolute atomic E-state index is 5.44. The van der Waals surface area contributed by atoms with Crippen LogP contribution in [0.4, 0.5) is 0 Å². The predicted octanol–water partition coefficient (Wildman–Crippen LogP) is 1.99. The molecule has 4 heteroatoms. The molecule has 0 N–H and O–H groups in total. The molecule has 13 heavy (non-hydrogen) atoms. The van der Waals surface area contributed by atoms with E-state index in [1.54, 1.807) is 0 Å². The number of rotatable bonds is 6. The van der Waals surface area contributed by atoms with Gasteiger partial charge in [0.1, 0.15) is 0 Å². The zero-order valence-electron chi connectivity index (χ0n) is 8.19. The van der Waals surface area contributed by atoms with Crippen molar-refractivity contribution in [3.8, 4) is 0 Å². The normalized spacial score (nSPS) is 13.1. The molecule has 1 rings (SSSR count). The van der Waals surface area contributed by atoms with Crippen LogP contribution in [0, 0.1) is 0 Å². The number of hydrogen-bond donors (Lipinski definition) is 0. The summed E-state index contributed by atoms with van der Waals surface area (Å²) in [6.45, 7) is 5.65. The SMILES string of the molecule is CCCCOCC(C)c1ncon1. The molecule has 0 aliphatic heterocycles. The van der Waals surface area contributed by atoms with Gasteiger partial charge in [0.05, 0.1) is 6.61 Å². The van der Waals surface area contributed by atoms with Gasteiger partial charge >= 0.3 is 0 Å². The van der Waals surface area contributed by atoms with Crippen molar-refractivity contribution in [2.75, 3.05) is 13.2 Å². The molecule has 0 amide bonds. The fourth-order valence-electron chi connectivity index (χ4n) is 0.977. The molecule has 1 atom stereocenters. The Labute approximate surface area is 78.3 Å². The maximum Gasteiger partial charge on any atom is 0.213 e. The molecule has 1 aromatic heterocycles. The Hall–Kier alpha value is -0.900. The van der Waals surface area contributed by atoms with E-state index in [0.29, 0.717) is 6.61 Å². The summed E-state index contributed by atoms with van der Waals surface area (Å²) in [6, 6.07) is 0. The number of aromatic nitrogens is 2. The van der Waals surface area contributed by atoms with Crippen molar-refractivity contribution in [1.29, 1.82) is 0 Å². The van der Waals surface area contributed by atoms with Gasteiger partial charge in [-0.15, -0.1) is 0 Å². The van der Waals surface area contributed by atoms with Crippen molar-refractivity contribution in [2.45, 2.75) is 32.6 Å². The summed E-state index contributed by atoms with van der Waals surface area (Å²) in [7, 11) is 0. The standard InChI is InChI=1S/C9H16N2O2/c1-3-4-5-12-6-8(2)9-10-7-13-11-9/h7-8H,3-6H2,1-2H3. The van der Waals surface area contributed by atoms with Gasteiger partial charge in [-0.25, -0.2) is 0 Å². The van der Waals surface area contributed by atoms with Gasteiger partial charge in [-0.05, 0) is 6.42 Å². The maximum atomic E-state index is 5.44. The molecule has 0 aliphatic carbocycles. The second-order valence-electron chi connectivity index (χ2n) is 3.12. The molecule has 0 spiro atoms. The first kappa shape index (κ1) is 10.2. The van der Waals surface area contributed by atoms with E-state index in [9.17, 15) is 0 Å². The van der Waals surface area contributed by atoms with Gasteiger partial charge < -0.3 is 9.26 Å². The zero-order valence-corrected chi connectivity index (χ0v) is 8.19. The number of ether oxygens (including phenoxy) is 1. The molecule has 0 aromatic carbocycles. The largest absolute Gasteiger partial charge is 0.381 e. The van der Waals surface area contributed by atoms with Gasteiger partial charge in [0.15, 0.2) is 5.82 Å². The van der Waals surface area contributed by atoms with E-state index in [-0.39, 0.29) is 5.92 Å². The summed E-state index contributed by atoms with van der Waals surface area (Å²) in [5.74, 6) is 0.937. The minimum atomic E-state index is 0.218. The molecule has 1 heterocycles. The van der Waals surface area contributed by atoms with Crippen molar-refractivity contribution < 1.29 is 9.26 Å². The highest BCUT2D eigenvalue weighted by Gasteiger charge is 2.09. The van der Waals surface area contributed by atoms with Crippen LogP contribution in [0.1, 0.15) is 38.4 Å². The summed E-state index contributed by atoms with van der Waals surface area (Å²) < 4.78 is 10.1. The lowest BCUT2D eigenvalue weighted by Crippen LogP contribution is -2.06. The van der Waals surface area contributed by atoms with E-state index in [1.807, 2.05) is 6.92 Å². The molecule has 0 saturated carbocycles. The van der Waals surface area contributed by atoms with Gasteiger partial charge in [-0.2, -0.15) is 4.98 Å². The van der Waals surface area contributed by atoms with Crippen molar-refractivity contribution >= 4 is 0 Å². The molecule has 0 aliphatic rings. The van der Waals surface area contributed by atoms with E-state index in [2.05, 4.69) is 21.6 Å². The Morgan fingerprint density at radius 2 is 2.46 bits per heavy atom. The third-order valence-corrected chi connectivity index (χ3v) is 1.83. The monoisotopic (exact) mass is 184 g/mol. The summed E-state index contributed by atoms with van der Waals surface area (Å²) in [6.07, 6.45) is 3.62. The van der Waals surface area contributed by atoms with Gasteiger partial charge in [-0.1, -0.05) is 25.4 Å². The van der Waals surface area contributed by atoms with E-state index >= 15 is 0 Å². The van der Waals surface area contributed by atoms with Gasteiger partial charge in [0.25, 0.3) is 0 Å². The van der Waals surface area contributed by atoms with Crippen LogP contribution in [-0.4, -0.2) is 23.4 Å². The van der Waals surface area contributed by atoms with Crippen LogP contribution in [0.5, 0.6) is 0 Å². The first-order chi connectivity index (χ1) is 6.34. The van der Waals surface area contributed by atoms with Crippen LogP contribution in [-0.2, 0) is 4.74 Å². The van der Waals surface area contributed by atoms with Crippen LogP contribution >= 0.6 is 0 Å². The topological polar surface area (TPSA) is 48.2 Å². The fraction of sp³-hybridized carbons (Fsp3) is 0.778. The fourth-order valence-corrected chi connectivity index (χ4v) is 0.977.